The number of fused-ring (bicyclic) bond motifs is 5. The van der Waals surface area contributed by atoms with Crippen LogP contribution in [-0.4, -0.2) is 46.8 Å². The summed E-state index contributed by atoms with van der Waals surface area (Å²) in [6.45, 7) is 4.50. The van der Waals surface area contributed by atoms with Gasteiger partial charge in [-0.2, -0.15) is 0 Å². The molecular weight excluding hydrogens is 378 g/mol. The topological polar surface area (TPSA) is 65.6 Å². The summed E-state index contributed by atoms with van der Waals surface area (Å²) in [5, 5.41) is 1.05. The van der Waals surface area contributed by atoms with Gasteiger partial charge in [0.15, 0.2) is 5.54 Å². The molecule has 2 aromatic carbocycles. The number of hydrogen-bond donors (Lipinski definition) is 1. The predicted octanol–water partition coefficient (Wildman–Crippen LogP) is 3.38. The maximum absolute atomic E-state index is 13.9. The monoisotopic (exact) mass is 403 g/mol. The molecule has 30 heavy (non-hydrogen) atoms. The second-order valence-corrected chi connectivity index (χ2v) is 8.28. The molecule has 2 atom stereocenters. The molecule has 1 saturated heterocycles. The number of carbonyl (C=O) groups is 2. The average Bonchev–Trinajstić information content (AvgIpc) is 3.15. The molecule has 0 spiro atoms. The summed E-state index contributed by atoms with van der Waals surface area (Å²) in [6, 6.07) is 15.6. The van der Waals surface area contributed by atoms with E-state index in [1.165, 1.54) is 0 Å². The van der Waals surface area contributed by atoms with E-state index in [4.69, 9.17) is 4.74 Å². The molecule has 0 aliphatic carbocycles. The molecule has 2 aliphatic rings. The Morgan fingerprint density at radius 1 is 1.13 bits per heavy atom. The molecule has 6 nitrogen and oxygen atoms in total. The van der Waals surface area contributed by atoms with Crippen molar-refractivity contribution in [1.29, 1.82) is 0 Å². The number of aromatic nitrogens is 1. The van der Waals surface area contributed by atoms with Gasteiger partial charge in [-0.15, -0.1) is 0 Å². The smallest absolute Gasteiger partial charge is 0.255 e. The SMILES string of the molecule is COc1ccc2[nH]c3c(c2c1)CCN1C(=O)CN(C(C)c2ccccc2)C(=O)[C@]31C. The van der Waals surface area contributed by atoms with Gasteiger partial charge in [-0.25, -0.2) is 0 Å². The van der Waals surface area contributed by atoms with Crippen LogP contribution in [0.4, 0.5) is 0 Å². The van der Waals surface area contributed by atoms with E-state index in [2.05, 4.69) is 4.98 Å². The lowest BCUT2D eigenvalue weighted by atomic mass is 9.82. The first-order valence-electron chi connectivity index (χ1n) is 10.3. The Morgan fingerprint density at radius 3 is 2.63 bits per heavy atom. The van der Waals surface area contributed by atoms with E-state index in [0.717, 1.165) is 33.5 Å². The van der Waals surface area contributed by atoms with E-state index in [1.807, 2.05) is 62.4 Å². The van der Waals surface area contributed by atoms with Crippen LogP contribution in [0.15, 0.2) is 48.5 Å². The summed E-state index contributed by atoms with van der Waals surface area (Å²) < 4.78 is 5.40. The molecular formula is C24H25N3O3. The van der Waals surface area contributed by atoms with Gasteiger partial charge in [0.25, 0.3) is 5.91 Å². The van der Waals surface area contributed by atoms with Crippen LogP contribution < -0.4 is 4.74 Å². The Bertz CT molecular complexity index is 1150. The van der Waals surface area contributed by atoms with Crippen molar-refractivity contribution >= 4 is 22.7 Å². The first kappa shape index (κ1) is 18.7. The predicted molar refractivity (Wildman–Crippen MR) is 114 cm³/mol. The van der Waals surface area contributed by atoms with E-state index in [0.29, 0.717) is 13.0 Å². The minimum absolute atomic E-state index is 0.0123. The van der Waals surface area contributed by atoms with Crippen LogP contribution in [-0.2, 0) is 21.5 Å². The Balaban J connectivity index is 1.63. The number of nitrogens with one attached hydrogen (secondary N) is 1. The van der Waals surface area contributed by atoms with Gasteiger partial charge in [0, 0.05) is 17.4 Å². The summed E-state index contributed by atoms with van der Waals surface area (Å²) in [5.41, 5.74) is 2.85. The fourth-order valence-electron chi connectivity index (χ4n) is 5.01. The summed E-state index contributed by atoms with van der Waals surface area (Å²) in [7, 11) is 1.65. The van der Waals surface area contributed by atoms with Gasteiger partial charge in [-0.05, 0) is 49.6 Å². The van der Waals surface area contributed by atoms with Crippen LogP contribution in [0, 0.1) is 0 Å². The number of piperazine rings is 1. The zero-order chi connectivity index (χ0) is 21.0. The van der Waals surface area contributed by atoms with Gasteiger partial charge in [0.2, 0.25) is 5.91 Å². The number of ether oxygens (including phenoxy) is 1. The number of hydrogen-bond acceptors (Lipinski definition) is 3. The van der Waals surface area contributed by atoms with E-state index in [-0.39, 0.29) is 24.4 Å². The molecule has 0 saturated carbocycles. The van der Waals surface area contributed by atoms with Gasteiger partial charge in [-0.3, -0.25) is 9.59 Å². The Kier molecular flexibility index (Phi) is 4.13. The molecule has 0 radical (unpaired) electrons. The molecule has 0 bridgehead atoms. The highest BCUT2D eigenvalue weighted by atomic mass is 16.5. The first-order valence-corrected chi connectivity index (χ1v) is 10.3. The van der Waals surface area contributed by atoms with Crippen LogP contribution >= 0.6 is 0 Å². The highest BCUT2D eigenvalue weighted by Crippen LogP contribution is 2.44. The minimum atomic E-state index is -1.04. The number of H-pyrrole nitrogens is 1. The number of benzene rings is 2. The molecule has 2 aliphatic heterocycles. The lowest BCUT2D eigenvalue weighted by Gasteiger charge is -2.51. The second kappa shape index (κ2) is 6.62. The van der Waals surface area contributed by atoms with Crippen LogP contribution in [0.1, 0.15) is 36.7 Å². The molecule has 3 aromatic rings. The second-order valence-electron chi connectivity index (χ2n) is 8.28. The fourth-order valence-corrected chi connectivity index (χ4v) is 5.01. The third kappa shape index (κ3) is 2.49. The number of nitrogens with zero attached hydrogens (tertiary/aromatic N) is 2. The molecule has 6 heteroatoms. The molecule has 2 amide bonds. The Hall–Kier alpha value is -3.28. The van der Waals surface area contributed by atoms with Gasteiger partial charge in [-0.1, -0.05) is 30.3 Å². The summed E-state index contributed by atoms with van der Waals surface area (Å²) in [4.78, 5) is 34.0. The van der Waals surface area contributed by atoms with Gasteiger partial charge in [0.1, 0.15) is 12.3 Å². The van der Waals surface area contributed by atoms with Crippen molar-refractivity contribution < 1.29 is 14.3 Å². The number of amides is 2. The Labute approximate surface area is 175 Å². The lowest BCUT2D eigenvalue weighted by molar-refractivity contribution is -0.168. The maximum Gasteiger partial charge on any atom is 0.255 e. The van der Waals surface area contributed by atoms with Crippen molar-refractivity contribution in [2.24, 2.45) is 0 Å². The minimum Gasteiger partial charge on any atom is -0.497 e. The Morgan fingerprint density at radius 2 is 1.90 bits per heavy atom. The molecule has 5 rings (SSSR count). The molecule has 3 heterocycles. The fraction of sp³-hybridized carbons (Fsp3) is 0.333. The molecule has 1 fully saturated rings. The van der Waals surface area contributed by atoms with Crippen molar-refractivity contribution in [3.63, 3.8) is 0 Å². The van der Waals surface area contributed by atoms with Crippen LogP contribution in [0.2, 0.25) is 0 Å². The summed E-state index contributed by atoms with van der Waals surface area (Å²) in [5.74, 6) is 0.724. The quantitative estimate of drug-likeness (QED) is 0.729. The zero-order valence-corrected chi connectivity index (χ0v) is 17.4. The van der Waals surface area contributed by atoms with Crippen LogP contribution in [0.25, 0.3) is 10.9 Å². The molecule has 1 N–H and O–H groups in total. The van der Waals surface area contributed by atoms with Crippen molar-refractivity contribution in [2.45, 2.75) is 31.8 Å². The van der Waals surface area contributed by atoms with Crippen molar-refractivity contribution in [2.75, 3.05) is 20.2 Å². The number of aromatic amines is 1. The number of rotatable bonds is 3. The third-order valence-electron chi connectivity index (χ3n) is 6.76. The summed E-state index contributed by atoms with van der Waals surface area (Å²) in [6.07, 6.45) is 0.714. The van der Waals surface area contributed by atoms with E-state index in [9.17, 15) is 9.59 Å². The first-order chi connectivity index (χ1) is 14.4. The van der Waals surface area contributed by atoms with Crippen molar-refractivity contribution in [3.8, 4) is 5.75 Å². The maximum atomic E-state index is 13.9. The highest BCUT2D eigenvalue weighted by molar-refractivity contribution is 6.01. The largest absolute Gasteiger partial charge is 0.497 e. The third-order valence-corrected chi connectivity index (χ3v) is 6.76. The lowest BCUT2D eigenvalue weighted by Crippen LogP contribution is -2.67. The van der Waals surface area contributed by atoms with E-state index < -0.39 is 5.54 Å². The van der Waals surface area contributed by atoms with Gasteiger partial charge < -0.3 is 19.5 Å². The molecule has 154 valence electrons. The van der Waals surface area contributed by atoms with E-state index in [1.54, 1.807) is 16.9 Å². The van der Waals surface area contributed by atoms with E-state index >= 15 is 0 Å². The normalized spacial score (nSPS) is 22.1. The number of methoxy groups -OCH3 is 1. The van der Waals surface area contributed by atoms with Crippen molar-refractivity contribution in [1.82, 2.24) is 14.8 Å². The highest BCUT2D eigenvalue weighted by Gasteiger charge is 2.54. The summed E-state index contributed by atoms with van der Waals surface area (Å²) >= 11 is 0. The standard InChI is InChI=1S/C24H25N3O3/c1-15(16-7-5-4-6-8-16)26-14-21(28)27-12-11-18-19-13-17(30-3)9-10-20(19)25-22(18)24(27,2)23(26)29/h4-10,13,15,25H,11-12,14H2,1-3H3/t15?,24-/m0/s1. The van der Waals surface area contributed by atoms with Crippen LogP contribution in [0.5, 0.6) is 5.75 Å². The number of carbonyl (C=O) groups excluding carboxylic acids is 2. The van der Waals surface area contributed by atoms with Crippen molar-refractivity contribution in [3.05, 3.63) is 65.4 Å². The molecule has 1 unspecified atom stereocenters. The zero-order valence-electron chi connectivity index (χ0n) is 17.4. The van der Waals surface area contributed by atoms with Gasteiger partial charge >= 0.3 is 0 Å². The van der Waals surface area contributed by atoms with Crippen LogP contribution in [0.3, 0.4) is 0 Å². The average molecular weight is 403 g/mol. The molecule has 1 aromatic heterocycles. The van der Waals surface area contributed by atoms with Gasteiger partial charge in [0.05, 0.1) is 18.8 Å².